The Morgan fingerprint density at radius 3 is 2.82 bits per heavy atom. The third kappa shape index (κ3) is 2.64. The summed E-state index contributed by atoms with van der Waals surface area (Å²) in [7, 11) is 0. The molecule has 0 heterocycles. The normalized spacial score (nSPS) is 31.7. The minimum absolute atomic E-state index is 0.135. The molecule has 0 aliphatic heterocycles. The van der Waals surface area contributed by atoms with E-state index in [1.165, 1.54) is 12.8 Å². The van der Waals surface area contributed by atoms with Crippen LogP contribution < -0.4 is 5.32 Å². The number of aliphatic hydroxyl groups excluding tert-OH is 1. The summed E-state index contributed by atoms with van der Waals surface area (Å²) in [6, 6.07) is 0.307. The van der Waals surface area contributed by atoms with Crippen molar-refractivity contribution in [3.8, 4) is 0 Å². The van der Waals surface area contributed by atoms with Crippen LogP contribution in [0.4, 0.5) is 0 Å². The van der Waals surface area contributed by atoms with E-state index in [4.69, 9.17) is 0 Å². The Labute approximate surface area is 68.3 Å². The van der Waals surface area contributed by atoms with Crippen molar-refractivity contribution < 1.29 is 5.11 Å². The van der Waals surface area contributed by atoms with E-state index in [-0.39, 0.29) is 6.10 Å². The standard InChI is InChI=1S/C9H17NO/c1-2-7-10-8-5-3-4-6-9(8)11/h2,8-11H,1,3-7H2/t8-,9-/m0/s1. The molecule has 0 saturated heterocycles. The third-order valence-corrected chi connectivity index (χ3v) is 2.25. The summed E-state index contributed by atoms with van der Waals surface area (Å²) in [6.45, 7) is 4.43. The van der Waals surface area contributed by atoms with Crippen LogP contribution in [0.2, 0.25) is 0 Å². The minimum atomic E-state index is -0.135. The molecule has 11 heavy (non-hydrogen) atoms. The molecular weight excluding hydrogens is 138 g/mol. The van der Waals surface area contributed by atoms with Crippen LogP contribution in [0.15, 0.2) is 12.7 Å². The van der Waals surface area contributed by atoms with Gasteiger partial charge in [-0.3, -0.25) is 0 Å². The molecule has 0 radical (unpaired) electrons. The predicted molar refractivity (Wildman–Crippen MR) is 46.5 cm³/mol. The molecule has 1 saturated carbocycles. The Morgan fingerprint density at radius 1 is 1.45 bits per heavy atom. The van der Waals surface area contributed by atoms with Gasteiger partial charge in [0.15, 0.2) is 0 Å². The van der Waals surface area contributed by atoms with E-state index in [9.17, 15) is 5.11 Å². The zero-order chi connectivity index (χ0) is 8.10. The van der Waals surface area contributed by atoms with Gasteiger partial charge in [0.1, 0.15) is 0 Å². The molecule has 0 unspecified atom stereocenters. The smallest absolute Gasteiger partial charge is 0.0693 e. The highest BCUT2D eigenvalue weighted by molar-refractivity contribution is 4.83. The van der Waals surface area contributed by atoms with Crippen LogP contribution in [0.25, 0.3) is 0 Å². The van der Waals surface area contributed by atoms with Crippen molar-refractivity contribution in [3.05, 3.63) is 12.7 Å². The number of hydrogen-bond acceptors (Lipinski definition) is 2. The second kappa shape index (κ2) is 4.52. The van der Waals surface area contributed by atoms with E-state index >= 15 is 0 Å². The third-order valence-electron chi connectivity index (χ3n) is 2.25. The van der Waals surface area contributed by atoms with Gasteiger partial charge in [-0.05, 0) is 12.8 Å². The molecule has 0 amide bonds. The van der Waals surface area contributed by atoms with Crippen LogP contribution in [0.1, 0.15) is 25.7 Å². The van der Waals surface area contributed by atoms with Gasteiger partial charge in [-0.25, -0.2) is 0 Å². The van der Waals surface area contributed by atoms with E-state index in [2.05, 4.69) is 11.9 Å². The lowest BCUT2D eigenvalue weighted by molar-refractivity contribution is 0.0929. The van der Waals surface area contributed by atoms with Crippen LogP contribution >= 0.6 is 0 Å². The Morgan fingerprint density at radius 2 is 2.18 bits per heavy atom. The summed E-state index contributed by atoms with van der Waals surface area (Å²) < 4.78 is 0. The molecule has 2 heteroatoms. The zero-order valence-electron chi connectivity index (χ0n) is 6.92. The van der Waals surface area contributed by atoms with Gasteiger partial charge in [0.2, 0.25) is 0 Å². The fourth-order valence-corrected chi connectivity index (χ4v) is 1.58. The number of nitrogens with one attached hydrogen (secondary N) is 1. The monoisotopic (exact) mass is 155 g/mol. The van der Waals surface area contributed by atoms with Crippen LogP contribution in [0, 0.1) is 0 Å². The van der Waals surface area contributed by atoms with Crippen molar-refractivity contribution in [1.82, 2.24) is 5.32 Å². The minimum Gasteiger partial charge on any atom is -0.392 e. The molecule has 0 aromatic heterocycles. The van der Waals surface area contributed by atoms with E-state index in [0.717, 1.165) is 19.4 Å². The first-order chi connectivity index (χ1) is 5.34. The lowest BCUT2D eigenvalue weighted by Gasteiger charge is -2.27. The number of rotatable bonds is 3. The first kappa shape index (κ1) is 8.75. The Balaban J connectivity index is 2.23. The summed E-state index contributed by atoms with van der Waals surface area (Å²) in [5.74, 6) is 0. The summed E-state index contributed by atoms with van der Waals surface area (Å²) in [4.78, 5) is 0. The van der Waals surface area contributed by atoms with Gasteiger partial charge in [0.05, 0.1) is 6.10 Å². The molecule has 2 atom stereocenters. The van der Waals surface area contributed by atoms with E-state index < -0.39 is 0 Å². The zero-order valence-corrected chi connectivity index (χ0v) is 6.92. The molecular formula is C9H17NO. The molecule has 0 bridgehead atoms. The average molecular weight is 155 g/mol. The fraction of sp³-hybridized carbons (Fsp3) is 0.778. The van der Waals surface area contributed by atoms with Crippen molar-refractivity contribution in [2.45, 2.75) is 37.8 Å². The van der Waals surface area contributed by atoms with Crippen molar-refractivity contribution in [2.75, 3.05) is 6.54 Å². The fourth-order valence-electron chi connectivity index (χ4n) is 1.58. The maximum Gasteiger partial charge on any atom is 0.0693 e. The molecule has 0 aromatic rings. The molecule has 64 valence electrons. The molecule has 0 aromatic carbocycles. The van der Waals surface area contributed by atoms with E-state index in [1.807, 2.05) is 6.08 Å². The highest BCUT2D eigenvalue weighted by Gasteiger charge is 2.21. The lowest BCUT2D eigenvalue weighted by atomic mass is 9.93. The molecule has 1 fully saturated rings. The van der Waals surface area contributed by atoms with Gasteiger partial charge in [0.25, 0.3) is 0 Å². The maximum atomic E-state index is 9.50. The van der Waals surface area contributed by atoms with Crippen molar-refractivity contribution in [2.24, 2.45) is 0 Å². The molecule has 2 N–H and O–H groups in total. The predicted octanol–water partition coefficient (Wildman–Crippen LogP) is 1.07. The summed E-state index contributed by atoms with van der Waals surface area (Å²) in [6.07, 6.45) is 6.17. The maximum absolute atomic E-state index is 9.50. The van der Waals surface area contributed by atoms with Crippen molar-refractivity contribution >= 4 is 0 Å². The van der Waals surface area contributed by atoms with Gasteiger partial charge in [-0.2, -0.15) is 0 Å². The molecule has 0 spiro atoms. The topological polar surface area (TPSA) is 32.3 Å². The molecule has 1 aliphatic carbocycles. The van der Waals surface area contributed by atoms with Gasteiger partial charge < -0.3 is 10.4 Å². The lowest BCUT2D eigenvalue weighted by Crippen LogP contribution is -2.41. The van der Waals surface area contributed by atoms with Gasteiger partial charge >= 0.3 is 0 Å². The van der Waals surface area contributed by atoms with Gasteiger partial charge in [0, 0.05) is 12.6 Å². The van der Waals surface area contributed by atoms with Crippen LogP contribution in [0.5, 0.6) is 0 Å². The second-order valence-corrected chi connectivity index (χ2v) is 3.16. The first-order valence-corrected chi connectivity index (χ1v) is 4.37. The van der Waals surface area contributed by atoms with Crippen LogP contribution in [0.3, 0.4) is 0 Å². The summed E-state index contributed by atoms with van der Waals surface area (Å²) in [5, 5.41) is 12.8. The van der Waals surface area contributed by atoms with Gasteiger partial charge in [-0.15, -0.1) is 6.58 Å². The summed E-state index contributed by atoms with van der Waals surface area (Å²) in [5.41, 5.74) is 0. The molecule has 1 rings (SSSR count). The van der Waals surface area contributed by atoms with Crippen LogP contribution in [-0.4, -0.2) is 23.8 Å². The first-order valence-electron chi connectivity index (χ1n) is 4.37. The largest absolute Gasteiger partial charge is 0.392 e. The van der Waals surface area contributed by atoms with E-state index in [0.29, 0.717) is 6.04 Å². The molecule has 2 nitrogen and oxygen atoms in total. The SMILES string of the molecule is C=CCN[C@H]1CCCC[C@@H]1O. The van der Waals surface area contributed by atoms with Crippen molar-refractivity contribution in [1.29, 1.82) is 0 Å². The average Bonchev–Trinajstić information content (AvgIpc) is 2.03. The Kier molecular flexibility index (Phi) is 3.60. The Bertz CT molecular complexity index is 125. The number of hydrogen-bond donors (Lipinski definition) is 2. The molecule has 1 aliphatic rings. The van der Waals surface area contributed by atoms with E-state index in [1.54, 1.807) is 0 Å². The highest BCUT2D eigenvalue weighted by Crippen LogP contribution is 2.17. The Hall–Kier alpha value is -0.340. The van der Waals surface area contributed by atoms with Crippen LogP contribution in [-0.2, 0) is 0 Å². The number of aliphatic hydroxyl groups is 1. The summed E-state index contributed by atoms with van der Waals surface area (Å²) >= 11 is 0. The quantitative estimate of drug-likeness (QED) is 0.597. The highest BCUT2D eigenvalue weighted by atomic mass is 16.3. The second-order valence-electron chi connectivity index (χ2n) is 3.16. The van der Waals surface area contributed by atoms with Gasteiger partial charge in [-0.1, -0.05) is 18.9 Å². The van der Waals surface area contributed by atoms with Crippen molar-refractivity contribution in [3.63, 3.8) is 0 Å².